The molecule has 3 aliphatic heterocycles. The Hall–Kier alpha value is -5.22. The van der Waals surface area contributed by atoms with Gasteiger partial charge in [-0.05, 0) is 82.4 Å². The van der Waals surface area contributed by atoms with Crippen LogP contribution in [0.3, 0.4) is 0 Å². The van der Waals surface area contributed by atoms with Gasteiger partial charge in [0.1, 0.15) is 17.8 Å². The molecule has 0 spiro atoms. The first kappa shape index (κ1) is 46.8. The zero-order valence-corrected chi connectivity index (χ0v) is 38.0. The number of pyridine rings is 1. The Morgan fingerprint density at radius 2 is 1.69 bits per heavy atom. The van der Waals surface area contributed by atoms with Crippen LogP contribution in [0.25, 0.3) is 10.9 Å². The van der Waals surface area contributed by atoms with Crippen LogP contribution in [0.2, 0.25) is 0 Å². The standard InChI is InChI=1S/C48H64N8O7S/c1-48(2,3)55-46(61)38-24-31-16-7-8-17-32(31)26-56(38)27-39(63-42(58)20-12-11-19-40-43-37(28-64-40)53-47(62)54-43)35(23-29-13-5-4-6-14-29)51-45(60)36(25-41(49)57)52-44(59)34-22-21-30-15-9-10-18-33(30)50-34/h4-6,9-10,13-15,18,21-22,31-32,35-40,43H,7-8,11-12,16-17,19-20,23-28H2,1-3H3,(H2,49,57)(H,51,60)(H,52,59)(H,55,61)(H2,53,54,62)/t31-,32+,35-,36-,37-,38-,39+,40-,43-/m0/s1. The molecule has 1 aromatic heterocycles. The van der Waals surface area contributed by atoms with Crippen LogP contribution in [0.15, 0.2) is 66.7 Å². The van der Waals surface area contributed by atoms with E-state index in [9.17, 15) is 28.8 Å². The summed E-state index contributed by atoms with van der Waals surface area (Å²) in [7, 11) is 0. The summed E-state index contributed by atoms with van der Waals surface area (Å²) < 4.78 is 6.47. The number of ether oxygens (including phenoxy) is 1. The Labute approximate surface area is 379 Å². The number of hydrogen-bond acceptors (Lipinski definition) is 10. The van der Waals surface area contributed by atoms with Gasteiger partial charge in [-0.2, -0.15) is 11.8 Å². The van der Waals surface area contributed by atoms with Gasteiger partial charge < -0.3 is 37.1 Å². The van der Waals surface area contributed by atoms with Crippen LogP contribution < -0.4 is 32.3 Å². The maximum Gasteiger partial charge on any atom is 0.315 e. The second-order valence-electron chi connectivity index (χ2n) is 19.0. The SMILES string of the molecule is CC(C)(C)NC(=O)[C@@H]1C[C@@H]2CCCC[C@@H]2CN1C[C@@H](OC(=O)CCCC[C@@H]1SC[C@@H]2NC(=O)N[C@@H]21)[C@H](Cc1ccccc1)NC(=O)[C@H](CC(N)=O)NC(=O)c1ccc2ccccc2n1. The number of hydrogen-bond donors (Lipinski definition) is 6. The summed E-state index contributed by atoms with van der Waals surface area (Å²) in [5.74, 6) is -1.02. The molecule has 15 nitrogen and oxygen atoms in total. The van der Waals surface area contributed by atoms with E-state index in [1.54, 1.807) is 18.2 Å². The number of urea groups is 1. The average molecular weight is 897 g/mol. The molecule has 2 aromatic carbocycles. The molecule has 344 valence electrons. The Kier molecular flexibility index (Phi) is 15.5. The van der Waals surface area contributed by atoms with Crippen molar-refractivity contribution in [3.8, 4) is 0 Å². The fourth-order valence-electron chi connectivity index (χ4n) is 9.85. The van der Waals surface area contributed by atoms with Gasteiger partial charge in [0.25, 0.3) is 5.91 Å². The Morgan fingerprint density at radius 1 is 0.938 bits per heavy atom. The molecule has 6 amide bonds. The van der Waals surface area contributed by atoms with E-state index in [-0.39, 0.29) is 54.4 Å². The normalized spacial score (nSPS) is 24.5. The van der Waals surface area contributed by atoms with Gasteiger partial charge in [-0.1, -0.05) is 80.3 Å². The van der Waals surface area contributed by atoms with Crippen LogP contribution in [-0.4, -0.2) is 111 Å². The number of likely N-dealkylation sites (tertiary alicyclic amines) is 1. The molecule has 16 heteroatoms. The van der Waals surface area contributed by atoms with Crippen molar-refractivity contribution in [2.45, 2.75) is 139 Å². The molecular weight excluding hydrogens is 833 g/mol. The van der Waals surface area contributed by atoms with Gasteiger partial charge in [-0.15, -0.1) is 0 Å². The van der Waals surface area contributed by atoms with Crippen LogP contribution >= 0.6 is 11.8 Å². The minimum atomic E-state index is -1.37. The number of amides is 6. The van der Waals surface area contributed by atoms with Crippen molar-refractivity contribution in [1.29, 1.82) is 0 Å². The molecule has 4 fully saturated rings. The van der Waals surface area contributed by atoms with Crippen molar-refractivity contribution in [2.24, 2.45) is 17.6 Å². The number of carbonyl (C=O) groups excluding carboxylic acids is 6. The number of unbranched alkanes of at least 4 members (excludes halogenated alkanes) is 1. The van der Waals surface area contributed by atoms with E-state index in [0.29, 0.717) is 36.7 Å². The van der Waals surface area contributed by atoms with Gasteiger partial charge in [-0.3, -0.25) is 28.9 Å². The van der Waals surface area contributed by atoms with Crippen molar-refractivity contribution in [3.63, 3.8) is 0 Å². The number of fused-ring (bicyclic) bond motifs is 3. The molecule has 7 rings (SSSR count). The molecule has 0 radical (unpaired) electrons. The highest BCUT2D eigenvalue weighted by Gasteiger charge is 2.44. The van der Waals surface area contributed by atoms with Gasteiger partial charge in [0.15, 0.2) is 0 Å². The summed E-state index contributed by atoms with van der Waals surface area (Å²) in [5, 5.41) is 16.1. The summed E-state index contributed by atoms with van der Waals surface area (Å²) in [4.78, 5) is 87.3. The lowest BCUT2D eigenvalue weighted by molar-refractivity contribution is -0.154. The molecule has 4 heterocycles. The number of carbonyl (C=O) groups is 6. The van der Waals surface area contributed by atoms with Crippen LogP contribution in [0, 0.1) is 11.8 Å². The fourth-order valence-corrected chi connectivity index (χ4v) is 11.4. The van der Waals surface area contributed by atoms with E-state index < -0.39 is 59.9 Å². The topological polar surface area (TPSA) is 214 Å². The average Bonchev–Trinajstić information content (AvgIpc) is 3.82. The molecule has 3 saturated heterocycles. The number of piperidine rings is 1. The Balaban J connectivity index is 1.14. The predicted octanol–water partition coefficient (Wildman–Crippen LogP) is 4.37. The number of benzene rings is 2. The Morgan fingerprint density at radius 3 is 2.45 bits per heavy atom. The lowest BCUT2D eigenvalue weighted by Gasteiger charge is -2.47. The maximum atomic E-state index is 14.5. The van der Waals surface area contributed by atoms with Gasteiger partial charge in [0.2, 0.25) is 17.7 Å². The molecule has 4 aliphatic rings. The largest absolute Gasteiger partial charge is 0.459 e. The molecule has 64 heavy (non-hydrogen) atoms. The molecule has 9 atom stereocenters. The van der Waals surface area contributed by atoms with Crippen LogP contribution in [-0.2, 0) is 30.3 Å². The number of thioether (sulfide) groups is 1. The third-order valence-corrected chi connectivity index (χ3v) is 14.5. The second-order valence-corrected chi connectivity index (χ2v) is 20.3. The zero-order valence-electron chi connectivity index (χ0n) is 37.2. The molecule has 0 unspecified atom stereocenters. The number of aromatic nitrogens is 1. The first-order valence-corrected chi connectivity index (χ1v) is 24.0. The molecule has 7 N–H and O–H groups in total. The summed E-state index contributed by atoms with van der Waals surface area (Å²) in [5.41, 5.74) is 6.72. The summed E-state index contributed by atoms with van der Waals surface area (Å²) in [6.07, 6.45) is 6.15. The summed E-state index contributed by atoms with van der Waals surface area (Å²) >= 11 is 1.83. The number of rotatable bonds is 18. The smallest absolute Gasteiger partial charge is 0.315 e. The number of para-hydroxylation sites is 1. The third kappa shape index (κ3) is 12.5. The number of esters is 1. The van der Waals surface area contributed by atoms with Gasteiger partial charge >= 0.3 is 12.0 Å². The fraction of sp³-hybridized carbons (Fsp3) is 0.562. The van der Waals surface area contributed by atoms with E-state index >= 15 is 0 Å². The van der Waals surface area contributed by atoms with E-state index in [0.717, 1.165) is 55.2 Å². The Bertz CT molecular complexity index is 2150. The van der Waals surface area contributed by atoms with Crippen molar-refractivity contribution in [2.75, 3.05) is 18.8 Å². The zero-order chi connectivity index (χ0) is 45.4. The molecule has 0 bridgehead atoms. The predicted molar refractivity (Wildman–Crippen MR) is 246 cm³/mol. The molecule has 1 saturated carbocycles. The summed E-state index contributed by atoms with van der Waals surface area (Å²) in [6, 6.07) is 17.5. The minimum absolute atomic E-state index is 0.0651. The van der Waals surface area contributed by atoms with Gasteiger partial charge in [0, 0.05) is 41.4 Å². The number of nitrogens with one attached hydrogen (secondary N) is 5. The highest BCUT2D eigenvalue weighted by molar-refractivity contribution is 8.00. The van der Waals surface area contributed by atoms with Crippen LogP contribution in [0.4, 0.5) is 4.79 Å². The van der Waals surface area contributed by atoms with Crippen LogP contribution in [0.1, 0.15) is 101 Å². The van der Waals surface area contributed by atoms with Crippen molar-refractivity contribution in [3.05, 3.63) is 78.0 Å². The first-order chi connectivity index (χ1) is 30.7. The summed E-state index contributed by atoms with van der Waals surface area (Å²) in [6.45, 7) is 6.67. The van der Waals surface area contributed by atoms with Crippen molar-refractivity contribution >= 4 is 58.3 Å². The number of primary amides is 1. The molecule has 1 aliphatic carbocycles. The monoisotopic (exact) mass is 896 g/mol. The lowest BCUT2D eigenvalue weighted by Crippen LogP contribution is -2.61. The van der Waals surface area contributed by atoms with E-state index in [1.165, 1.54) is 0 Å². The quantitative estimate of drug-likeness (QED) is 0.0603. The van der Waals surface area contributed by atoms with Crippen LogP contribution in [0.5, 0.6) is 0 Å². The van der Waals surface area contributed by atoms with Crippen molar-refractivity contribution in [1.82, 2.24) is 36.5 Å². The van der Waals surface area contributed by atoms with Gasteiger partial charge in [-0.25, -0.2) is 9.78 Å². The maximum absolute atomic E-state index is 14.5. The lowest BCUT2D eigenvalue weighted by atomic mass is 9.72. The molecule has 3 aromatic rings. The van der Waals surface area contributed by atoms with Gasteiger partial charge in [0.05, 0.1) is 36.1 Å². The van der Waals surface area contributed by atoms with Crippen molar-refractivity contribution < 1.29 is 33.5 Å². The number of nitrogens with zero attached hydrogens (tertiary/aromatic N) is 2. The highest BCUT2D eigenvalue weighted by atomic mass is 32.2. The minimum Gasteiger partial charge on any atom is -0.459 e. The second kappa shape index (κ2) is 21.2. The van der Waals surface area contributed by atoms with E-state index in [4.69, 9.17) is 10.5 Å². The van der Waals surface area contributed by atoms with E-state index in [2.05, 4.69) is 36.5 Å². The third-order valence-electron chi connectivity index (χ3n) is 13.0. The number of nitrogens with two attached hydrogens (primary N) is 1. The first-order valence-electron chi connectivity index (χ1n) is 22.9. The van der Waals surface area contributed by atoms with E-state index in [1.807, 2.05) is 81.1 Å². The highest BCUT2D eigenvalue weighted by Crippen LogP contribution is 2.39. The molecular formula is C48H64N8O7S.